The van der Waals surface area contributed by atoms with E-state index in [1.165, 1.54) is 38.5 Å². The SMILES string of the molecule is CCOC(=O)NC(=O)N(C1CCCCC1)C1CCCCC1. The van der Waals surface area contributed by atoms with Gasteiger partial charge in [-0.3, -0.25) is 0 Å². The predicted molar refractivity (Wildman–Crippen MR) is 81.1 cm³/mol. The van der Waals surface area contributed by atoms with Gasteiger partial charge >= 0.3 is 12.1 Å². The van der Waals surface area contributed by atoms with Crippen molar-refractivity contribution in [2.45, 2.75) is 83.2 Å². The van der Waals surface area contributed by atoms with Crippen LogP contribution in [0.5, 0.6) is 0 Å². The second kappa shape index (κ2) is 8.25. The van der Waals surface area contributed by atoms with Gasteiger partial charge in [0, 0.05) is 12.1 Å². The van der Waals surface area contributed by atoms with Crippen LogP contribution < -0.4 is 5.32 Å². The number of hydrogen-bond acceptors (Lipinski definition) is 3. The van der Waals surface area contributed by atoms with Crippen LogP contribution in [0.1, 0.15) is 71.1 Å². The first-order valence-electron chi connectivity index (χ1n) is 8.48. The molecule has 0 spiro atoms. The molecule has 5 nitrogen and oxygen atoms in total. The van der Waals surface area contributed by atoms with Gasteiger partial charge in [-0.1, -0.05) is 38.5 Å². The molecular formula is C16H28N2O3. The topological polar surface area (TPSA) is 58.6 Å². The Labute approximate surface area is 127 Å². The number of alkyl carbamates (subject to hydrolysis) is 1. The Bertz CT molecular complexity index is 329. The monoisotopic (exact) mass is 296 g/mol. The third-order valence-corrected chi connectivity index (χ3v) is 4.66. The van der Waals surface area contributed by atoms with Crippen molar-refractivity contribution in [1.29, 1.82) is 0 Å². The predicted octanol–water partition coefficient (Wildman–Crippen LogP) is 3.82. The van der Waals surface area contributed by atoms with Gasteiger partial charge in [0.05, 0.1) is 6.61 Å². The highest BCUT2D eigenvalue weighted by Gasteiger charge is 2.33. The average Bonchev–Trinajstić information content (AvgIpc) is 2.50. The summed E-state index contributed by atoms with van der Waals surface area (Å²) in [5, 5.41) is 2.40. The number of carbonyl (C=O) groups is 2. The second-order valence-corrected chi connectivity index (χ2v) is 6.14. The van der Waals surface area contributed by atoms with E-state index in [2.05, 4.69) is 5.32 Å². The minimum absolute atomic E-state index is 0.257. The summed E-state index contributed by atoms with van der Waals surface area (Å²) in [6.07, 6.45) is 10.9. The summed E-state index contributed by atoms with van der Waals surface area (Å²) in [7, 11) is 0. The maximum absolute atomic E-state index is 12.5. The van der Waals surface area contributed by atoms with E-state index in [0.717, 1.165) is 25.7 Å². The summed E-state index contributed by atoms with van der Waals surface area (Å²) in [4.78, 5) is 26.1. The van der Waals surface area contributed by atoms with E-state index in [-0.39, 0.29) is 24.7 Å². The summed E-state index contributed by atoms with van der Waals surface area (Å²) >= 11 is 0. The zero-order valence-electron chi connectivity index (χ0n) is 13.1. The number of ether oxygens (including phenoxy) is 1. The molecule has 2 aliphatic rings. The van der Waals surface area contributed by atoms with E-state index in [1.54, 1.807) is 6.92 Å². The number of rotatable bonds is 3. The number of imide groups is 1. The number of urea groups is 1. The molecule has 0 radical (unpaired) electrons. The van der Waals surface area contributed by atoms with E-state index in [4.69, 9.17) is 4.74 Å². The molecule has 0 heterocycles. The number of carbonyl (C=O) groups excluding carboxylic acids is 2. The number of hydrogen-bond donors (Lipinski definition) is 1. The summed E-state index contributed by atoms with van der Waals surface area (Å²) in [6, 6.07) is 0.319. The second-order valence-electron chi connectivity index (χ2n) is 6.14. The van der Waals surface area contributed by atoms with E-state index < -0.39 is 6.09 Å². The Kier molecular flexibility index (Phi) is 6.33. The van der Waals surface area contributed by atoms with Crippen molar-refractivity contribution in [2.24, 2.45) is 0 Å². The summed E-state index contributed by atoms with van der Waals surface area (Å²) in [5.41, 5.74) is 0. The number of nitrogens with zero attached hydrogens (tertiary/aromatic N) is 1. The first-order chi connectivity index (χ1) is 10.2. The Morgan fingerprint density at radius 1 is 0.952 bits per heavy atom. The van der Waals surface area contributed by atoms with Crippen LogP contribution in [0.2, 0.25) is 0 Å². The van der Waals surface area contributed by atoms with Gasteiger partial charge in [-0.2, -0.15) is 0 Å². The summed E-state index contributed by atoms with van der Waals surface area (Å²) in [5.74, 6) is 0. The fraction of sp³-hybridized carbons (Fsp3) is 0.875. The largest absolute Gasteiger partial charge is 0.450 e. The highest BCUT2D eigenvalue weighted by Crippen LogP contribution is 2.30. The van der Waals surface area contributed by atoms with Crippen molar-refractivity contribution in [3.05, 3.63) is 0 Å². The van der Waals surface area contributed by atoms with Gasteiger partial charge in [-0.05, 0) is 32.6 Å². The molecule has 0 bridgehead atoms. The lowest BCUT2D eigenvalue weighted by molar-refractivity contribution is 0.0998. The van der Waals surface area contributed by atoms with Gasteiger partial charge in [0.25, 0.3) is 0 Å². The van der Waals surface area contributed by atoms with Crippen LogP contribution in [0.25, 0.3) is 0 Å². The van der Waals surface area contributed by atoms with Gasteiger partial charge in [0.2, 0.25) is 0 Å². The molecule has 120 valence electrons. The van der Waals surface area contributed by atoms with Gasteiger partial charge in [-0.25, -0.2) is 14.9 Å². The number of nitrogens with one attached hydrogen (secondary N) is 1. The van der Waals surface area contributed by atoms with E-state index in [0.29, 0.717) is 0 Å². The lowest BCUT2D eigenvalue weighted by Gasteiger charge is -2.41. The standard InChI is InChI=1S/C16H28N2O3/c1-2-21-16(20)17-15(19)18(13-9-5-3-6-10-13)14-11-7-4-8-12-14/h13-14H,2-12H2,1H3,(H,17,19,20). The summed E-state index contributed by atoms with van der Waals surface area (Å²) in [6.45, 7) is 2.02. The first-order valence-corrected chi connectivity index (χ1v) is 8.48. The molecule has 0 unspecified atom stereocenters. The van der Waals surface area contributed by atoms with Crippen molar-refractivity contribution >= 4 is 12.1 Å². The zero-order valence-corrected chi connectivity index (χ0v) is 13.1. The molecule has 1 N–H and O–H groups in total. The molecule has 2 saturated carbocycles. The lowest BCUT2D eigenvalue weighted by atomic mass is 9.89. The van der Waals surface area contributed by atoms with Crippen LogP contribution in [-0.4, -0.2) is 35.7 Å². The van der Waals surface area contributed by atoms with Crippen LogP contribution in [0.4, 0.5) is 9.59 Å². The molecule has 0 saturated heterocycles. The van der Waals surface area contributed by atoms with Gasteiger partial charge in [-0.15, -0.1) is 0 Å². The van der Waals surface area contributed by atoms with E-state index in [9.17, 15) is 9.59 Å². The lowest BCUT2D eigenvalue weighted by Crippen LogP contribution is -2.54. The van der Waals surface area contributed by atoms with Crippen LogP contribution in [-0.2, 0) is 4.74 Å². The Morgan fingerprint density at radius 2 is 1.43 bits per heavy atom. The first kappa shape index (κ1) is 16.1. The normalized spacial score (nSPS) is 20.8. The van der Waals surface area contributed by atoms with Crippen molar-refractivity contribution in [3.8, 4) is 0 Å². The number of amides is 3. The smallest absolute Gasteiger partial charge is 0.415 e. The third-order valence-electron chi connectivity index (χ3n) is 4.66. The molecule has 0 atom stereocenters. The van der Waals surface area contributed by atoms with E-state index >= 15 is 0 Å². The maximum Gasteiger partial charge on any atom is 0.415 e. The van der Waals surface area contributed by atoms with E-state index in [1.807, 2.05) is 4.90 Å². The third kappa shape index (κ3) is 4.61. The molecule has 3 amide bonds. The highest BCUT2D eigenvalue weighted by molar-refractivity contribution is 5.91. The molecule has 0 aromatic rings. The molecule has 5 heteroatoms. The van der Waals surface area contributed by atoms with Crippen molar-refractivity contribution < 1.29 is 14.3 Å². The molecule has 0 aromatic heterocycles. The molecule has 0 aromatic carbocycles. The van der Waals surface area contributed by atoms with Gasteiger partial charge < -0.3 is 9.64 Å². The van der Waals surface area contributed by atoms with Crippen LogP contribution in [0.15, 0.2) is 0 Å². The van der Waals surface area contributed by atoms with Crippen LogP contribution >= 0.6 is 0 Å². The zero-order chi connectivity index (χ0) is 15.1. The molecule has 0 aliphatic heterocycles. The summed E-state index contributed by atoms with van der Waals surface area (Å²) < 4.78 is 4.84. The highest BCUT2D eigenvalue weighted by atomic mass is 16.5. The Balaban J connectivity index is 2.02. The van der Waals surface area contributed by atoms with Crippen molar-refractivity contribution in [1.82, 2.24) is 10.2 Å². The molecule has 2 fully saturated rings. The van der Waals surface area contributed by atoms with Gasteiger partial charge in [0.1, 0.15) is 0 Å². The fourth-order valence-corrected chi connectivity index (χ4v) is 3.67. The molecule has 2 rings (SSSR count). The van der Waals surface area contributed by atoms with Crippen molar-refractivity contribution in [3.63, 3.8) is 0 Å². The minimum Gasteiger partial charge on any atom is -0.450 e. The molecular weight excluding hydrogens is 268 g/mol. The minimum atomic E-state index is -0.626. The quantitative estimate of drug-likeness (QED) is 0.861. The Morgan fingerprint density at radius 3 is 1.86 bits per heavy atom. The van der Waals surface area contributed by atoms with Crippen LogP contribution in [0, 0.1) is 0 Å². The van der Waals surface area contributed by atoms with Gasteiger partial charge in [0.15, 0.2) is 0 Å². The molecule has 21 heavy (non-hydrogen) atoms. The molecule has 2 aliphatic carbocycles. The van der Waals surface area contributed by atoms with Crippen molar-refractivity contribution in [2.75, 3.05) is 6.61 Å². The van der Waals surface area contributed by atoms with Crippen LogP contribution in [0.3, 0.4) is 0 Å². The Hall–Kier alpha value is -1.26. The maximum atomic E-state index is 12.5. The average molecular weight is 296 g/mol. The fourth-order valence-electron chi connectivity index (χ4n) is 3.67.